The van der Waals surface area contributed by atoms with E-state index < -0.39 is 0 Å². The van der Waals surface area contributed by atoms with Crippen molar-refractivity contribution in [2.45, 2.75) is 110 Å². The fourth-order valence-corrected chi connectivity index (χ4v) is 6.90. The third kappa shape index (κ3) is 6.45. The fourth-order valence-electron chi connectivity index (χ4n) is 6.90. The van der Waals surface area contributed by atoms with Gasteiger partial charge in [-0.1, -0.05) is 118 Å². The van der Waals surface area contributed by atoms with Crippen molar-refractivity contribution in [1.29, 1.82) is 0 Å². The largest absolute Gasteiger partial charge is 0.494 e. The Morgan fingerprint density at radius 3 is 0.958 bits per heavy atom. The third-order valence-corrected chi connectivity index (χ3v) is 11.4. The lowest BCUT2D eigenvalue weighted by atomic mass is 9.70. The van der Waals surface area contributed by atoms with Crippen molar-refractivity contribution in [2.75, 3.05) is 0 Å². The molecule has 0 unspecified atom stereocenters. The van der Waals surface area contributed by atoms with Gasteiger partial charge in [0.05, 0.1) is 22.4 Å². The van der Waals surface area contributed by atoms with Crippen LogP contribution in [-0.4, -0.2) is 36.6 Å². The Bertz CT molecular complexity index is 1570. The molecular weight excluding hydrogens is 590 g/mol. The lowest BCUT2D eigenvalue weighted by molar-refractivity contribution is 0.00578. The molecule has 0 amide bonds. The van der Waals surface area contributed by atoms with Crippen LogP contribution in [0.25, 0.3) is 22.3 Å². The van der Waals surface area contributed by atoms with Gasteiger partial charge in [0.2, 0.25) is 0 Å². The topological polar surface area (TPSA) is 36.9 Å². The second-order valence-corrected chi connectivity index (χ2v) is 16.5. The molecule has 0 spiro atoms. The van der Waals surface area contributed by atoms with E-state index in [1.54, 1.807) is 0 Å². The van der Waals surface area contributed by atoms with Gasteiger partial charge in [-0.05, 0) is 112 Å². The SMILES string of the molecule is CC(C)CC(C)(c1ccc(-c2ccc(B3OC(C)(C)C(C)(C)O3)cc2)cc1)c1ccc(-c2ccc(B3OC(C)(C)C(C)(C)O3)cc2)cc1. The minimum atomic E-state index is -0.352. The first-order chi connectivity index (χ1) is 22.4. The highest BCUT2D eigenvalue weighted by atomic mass is 16.7. The summed E-state index contributed by atoms with van der Waals surface area (Å²) < 4.78 is 25.0. The predicted octanol–water partition coefficient (Wildman–Crippen LogP) is 8.97. The molecule has 2 aliphatic heterocycles. The standard InChI is InChI=1S/C42H52B2O4/c1-29(2)28-42(11,34-20-12-30(13-21-34)32-16-24-36(25-17-32)43-45-38(3,4)39(5,6)46-43)35-22-14-31(15-23-35)33-18-26-37(27-19-33)44-47-40(7,8)41(9,10)48-44/h12-27,29H,28H2,1-11H3. The predicted molar refractivity (Wildman–Crippen MR) is 201 cm³/mol. The van der Waals surface area contributed by atoms with Crippen LogP contribution in [0.3, 0.4) is 0 Å². The lowest BCUT2D eigenvalue weighted by Crippen LogP contribution is -2.41. The molecule has 6 rings (SSSR count). The smallest absolute Gasteiger partial charge is 0.399 e. The second-order valence-electron chi connectivity index (χ2n) is 16.5. The summed E-state index contributed by atoms with van der Waals surface area (Å²) >= 11 is 0. The van der Waals surface area contributed by atoms with Gasteiger partial charge in [-0.2, -0.15) is 0 Å². The van der Waals surface area contributed by atoms with Gasteiger partial charge >= 0.3 is 14.2 Å². The van der Waals surface area contributed by atoms with Gasteiger partial charge in [0.15, 0.2) is 0 Å². The molecule has 2 heterocycles. The molecule has 48 heavy (non-hydrogen) atoms. The maximum Gasteiger partial charge on any atom is 0.494 e. The Labute approximate surface area is 289 Å². The average Bonchev–Trinajstić information content (AvgIpc) is 3.40. The van der Waals surface area contributed by atoms with E-state index >= 15 is 0 Å². The Morgan fingerprint density at radius 1 is 0.458 bits per heavy atom. The van der Waals surface area contributed by atoms with E-state index in [1.807, 2.05) is 0 Å². The quantitative estimate of drug-likeness (QED) is 0.180. The van der Waals surface area contributed by atoms with Gasteiger partial charge < -0.3 is 18.6 Å². The molecule has 0 N–H and O–H groups in total. The zero-order chi connectivity index (χ0) is 34.7. The van der Waals surface area contributed by atoms with Crippen molar-refractivity contribution in [3.8, 4) is 22.3 Å². The second kappa shape index (κ2) is 12.3. The van der Waals surface area contributed by atoms with E-state index in [2.05, 4.69) is 173 Å². The van der Waals surface area contributed by atoms with E-state index in [0.717, 1.165) is 17.3 Å². The van der Waals surface area contributed by atoms with Crippen LogP contribution in [0.4, 0.5) is 0 Å². The highest BCUT2D eigenvalue weighted by Crippen LogP contribution is 2.41. The van der Waals surface area contributed by atoms with Crippen molar-refractivity contribution < 1.29 is 18.6 Å². The van der Waals surface area contributed by atoms with E-state index in [0.29, 0.717) is 5.92 Å². The van der Waals surface area contributed by atoms with E-state index in [1.165, 1.54) is 33.4 Å². The molecule has 2 saturated heterocycles. The number of benzene rings is 4. The highest BCUT2D eigenvalue weighted by Gasteiger charge is 2.52. The summed E-state index contributed by atoms with van der Waals surface area (Å²) in [6.07, 6.45) is 1.05. The van der Waals surface area contributed by atoms with Crippen LogP contribution < -0.4 is 10.9 Å². The number of hydrogen-bond acceptors (Lipinski definition) is 4. The van der Waals surface area contributed by atoms with Crippen LogP contribution in [0.15, 0.2) is 97.1 Å². The molecule has 0 saturated carbocycles. The molecule has 250 valence electrons. The normalized spacial score (nSPS) is 19.7. The molecule has 0 aliphatic carbocycles. The average molecular weight is 642 g/mol. The van der Waals surface area contributed by atoms with Crippen molar-refractivity contribution in [3.63, 3.8) is 0 Å². The van der Waals surface area contributed by atoms with Gasteiger partial charge in [0, 0.05) is 5.41 Å². The summed E-state index contributed by atoms with van der Waals surface area (Å²) in [6, 6.07) is 35.4. The minimum Gasteiger partial charge on any atom is -0.399 e. The zero-order valence-electron chi connectivity index (χ0n) is 30.8. The Balaban J connectivity index is 1.19. The molecule has 2 fully saturated rings. The van der Waals surface area contributed by atoms with E-state index in [-0.39, 0.29) is 42.1 Å². The first-order valence-electron chi connectivity index (χ1n) is 17.5. The molecule has 0 bridgehead atoms. The van der Waals surface area contributed by atoms with Crippen LogP contribution in [0.1, 0.15) is 93.7 Å². The van der Waals surface area contributed by atoms with Gasteiger partial charge in [-0.3, -0.25) is 0 Å². The maximum absolute atomic E-state index is 6.26. The van der Waals surface area contributed by atoms with Crippen molar-refractivity contribution in [3.05, 3.63) is 108 Å². The molecule has 4 nitrogen and oxygen atoms in total. The lowest BCUT2D eigenvalue weighted by Gasteiger charge is -2.33. The number of rotatable bonds is 8. The van der Waals surface area contributed by atoms with Crippen LogP contribution in [0.5, 0.6) is 0 Å². The van der Waals surface area contributed by atoms with Crippen molar-refractivity contribution in [1.82, 2.24) is 0 Å². The first kappa shape index (κ1) is 34.7. The first-order valence-corrected chi connectivity index (χ1v) is 17.5. The van der Waals surface area contributed by atoms with Gasteiger partial charge in [0.1, 0.15) is 0 Å². The fraction of sp³-hybridized carbons (Fsp3) is 0.429. The van der Waals surface area contributed by atoms with Crippen LogP contribution in [-0.2, 0) is 24.0 Å². The number of hydrogen-bond donors (Lipinski definition) is 0. The molecule has 2 aliphatic rings. The molecule has 0 radical (unpaired) electrons. The summed E-state index contributed by atoms with van der Waals surface area (Å²) in [5.41, 5.74) is 7.98. The van der Waals surface area contributed by atoms with E-state index in [9.17, 15) is 0 Å². The van der Waals surface area contributed by atoms with Crippen LogP contribution in [0.2, 0.25) is 0 Å². The molecule has 0 aromatic heterocycles. The zero-order valence-corrected chi connectivity index (χ0v) is 30.8. The Morgan fingerprint density at radius 2 is 0.708 bits per heavy atom. The van der Waals surface area contributed by atoms with Crippen LogP contribution in [0, 0.1) is 5.92 Å². The summed E-state index contributed by atoms with van der Waals surface area (Å²) in [5.74, 6) is 0.541. The summed E-state index contributed by atoms with van der Waals surface area (Å²) in [6.45, 7) is 23.7. The highest BCUT2D eigenvalue weighted by molar-refractivity contribution is 6.62. The molecular formula is C42H52B2O4. The van der Waals surface area contributed by atoms with E-state index in [4.69, 9.17) is 18.6 Å². The Hall–Kier alpha value is -3.15. The summed E-state index contributed by atoms with van der Waals surface area (Å²) in [7, 11) is -0.703. The Kier molecular flexibility index (Phi) is 8.91. The summed E-state index contributed by atoms with van der Waals surface area (Å²) in [4.78, 5) is 0. The summed E-state index contributed by atoms with van der Waals surface area (Å²) in [5, 5.41) is 0. The molecule has 4 aromatic rings. The third-order valence-electron chi connectivity index (χ3n) is 11.4. The van der Waals surface area contributed by atoms with Crippen LogP contribution >= 0.6 is 0 Å². The van der Waals surface area contributed by atoms with Gasteiger partial charge in [-0.15, -0.1) is 0 Å². The van der Waals surface area contributed by atoms with Crippen molar-refractivity contribution >= 4 is 25.2 Å². The van der Waals surface area contributed by atoms with Gasteiger partial charge in [-0.25, -0.2) is 0 Å². The van der Waals surface area contributed by atoms with Gasteiger partial charge in [0.25, 0.3) is 0 Å². The molecule has 0 atom stereocenters. The molecule has 4 aromatic carbocycles. The maximum atomic E-state index is 6.26. The monoisotopic (exact) mass is 642 g/mol. The minimum absolute atomic E-state index is 0.119. The van der Waals surface area contributed by atoms with Crippen molar-refractivity contribution in [2.24, 2.45) is 5.92 Å². The molecule has 6 heteroatoms.